The van der Waals surface area contributed by atoms with Gasteiger partial charge in [0.15, 0.2) is 0 Å². The Hall–Kier alpha value is -5.58. The lowest BCUT2D eigenvalue weighted by Gasteiger charge is -2.39. The Morgan fingerprint density at radius 3 is 2.46 bits per heavy atom. The molecule has 1 saturated carbocycles. The number of carbonyl (C=O) groups excluding carboxylic acids is 1. The number of nitro benzene ring substituents is 1. The number of alkyl halides is 2. The Labute approximate surface area is 370 Å². The van der Waals surface area contributed by atoms with Crippen molar-refractivity contribution in [3.05, 3.63) is 117 Å². The van der Waals surface area contributed by atoms with Crippen molar-refractivity contribution in [1.82, 2.24) is 19.8 Å². The number of aromatic amines is 1. The standard InChI is InChI=1S/C46H50ClF2N7O6S/c1-45(2)17-16-32(37(26-45)31-6-8-33(47)9-7-31)29-54-20-22-55(23-21-54)34-10-12-36(43(24-34)62-42-5-3-4-39-38(42)28-51-52-39)44(57)53-63(60,61)35-11-13-40(41(25-35)56(58)59)50-27-30-14-18-46(48,49)19-15-30/h3-13,24-25,28,30,50H,14-23,26-27,29H2,1-2H3,(H,51,52)(H,53,57). The molecule has 0 unspecified atom stereocenters. The first-order valence-electron chi connectivity index (χ1n) is 21.2. The molecule has 1 aromatic heterocycles. The summed E-state index contributed by atoms with van der Waals surface area (Å²) in [5, 5.41) is 23.4. The van der Waals surface area contributed by atoms with Gasteiger partial charge in [0.1, 0.15) is 17.2 Å². The Morgan fingerprint density at radius 2 is 1.73 bits per heavy atom. The second-order valence-corrected chi connectivity index (χ2v) is 19.7. The lowest BCUT2D eigenvalue weighted by Crippen LogP contribution is -2.47. The third-order valence-electron chi connectivity index (χ3n) is 12.5. The fourth-order valence-electron chi connectivity index (χ4n) is 8.80. The Morgan fingerprint density at radius 1 is 0.984 bits per heavy atom. The number of nitrogens with zero attached hydrogens (tertiary/aromatic N) is 4. The maximum Gasteiger partial charge on any atom is 0.293 e. The first-order chi connectivity index (χ1) is 30.0. The van der Waals surface area contributed by atoms with E-state index < -0.39 is 37.4 Å². The molecule has 4 aromatic carbocycles. The zero-order chi connectivity index (χ0) is 44.5. The molecule has 0 atom stereocenters. The highest BCUT2D eigenvalue weighted by Crippen LogP contribution is 2.44. The molecule has 3 aliphatic rings. The van der Waals surface area contributed by atoms with Gasteiger partial charge in [0.05, 0.1) is 32.5 Å². The quantitative estimate of drug-likeness (QED) is 0.0766. The molecule has 2 heterocycles. The number of rotatable bonds is 13. The van der Waals surface area contributed by atoms with E-state index in [9.17, 15) is 32.1 Å². The van der Waals surface area contributed by atoms with Crippen molar-refractivity contribution in [3.8, 4) is 11.5 Å². The lowest BCUT2D eigenvalue weighted by molar-refractivity contribution is -0.384. The Bertz CT molecular complexity index is 2650. The maximum atomic E-state index is 14.0. The van der Waals surface area contributed by atoms with Gasteiger partial charge in [0.2, 0.25) is 5.92 Å². The molecule has 1 amide bonds. The minimum atomic E-state index is -4.63. The summed E-state index contributed by atoms with van der Waals surface area (Å²) in [7, 11) is -4.63. The molecule has 1 saturated heterocycles. The molecule has 2 aliphatic carbocycles. The summed E-state index contributed by atoms with van der Waals surface area (Å²) in [6, 6.07) is 21.7. The normalized spacial score (nSPS) is 18.3. The van der Waals surface area contributed by atoms with Crippen LogP contribution in [0.15, 0.2) is 95.5 Å². The van der Waals surface area contributed by atoms with Crippen molar-refractivity contribution in [3.63, 3.8) is 0 Å². The zero-order valence-electron chi connectivity index (χ0n) is 35.1. The van der Waals surface area contributed by atoms with Gasteiger partial charge in [-0.15, -0.1) is 0 Å². The van der Waals surface area contributed by atoms with Gasteiger partial charge in [-0.2, -0.15) is 5.10 Å². The second-order valence-electron chi connectivity index (χ2n) is 17.6. The topological polar surface area (TPSA) is 163 Å². The van der Waals surface area contributed by atoms with Gasteiger partial charge < -0.3 is 15.0 Å². The van der Waals surface area contributed by atoms with E-state index in [1.165, 1.54) is 28.8 Å². The average molecular weight is 902 g/mol. The number of nitrogens with one attached hydrogen (secondary N) is 3. The number of ether oxygens (including phenoxy) is 1. The van der Waals surface area contributed by atoms with Crippen molar-refractivity contribution in [2.24, 2.45) is 11.3 Å². The summed E-state index contributed by atoms with van der Waals surface area (Å²) in [6.45, 7) is 8.72. The number of amides is 1. The average Bonchev–Trinajstić information content (AvgIpc) is 3.74. The van der Waals surface area contributed by atoms with E-state index in [2.05, 4.69) is 56.0 Å². The number of hydrogen-bond donors (Lipinski definition) is 3. The molecule has 8 rings (SSSR count). The van der Waals surface area contributed by atoms with Gasteiger partial charge >= 0.3 is 0 Å². The number of sulfonamides is 1. The molecule has 0 spiro atoms. The number of carbonyl (C=O) groups is 1. The fraction of sp³-hybridized carbons (Fsp3) is 0.391. The highest BCUT2D eigenvalue weighted by Gasteiger charge is 2.35. The summed E-state index contributed by atoms with van der Waals surface area (Å²) in [5.41, 5.74) is 5.19. The largest absolute Gasteiger partial charge is 0.456 e. The number of fused-ring (bicyclic) bond motifs is 1. The van der Waals surface area contributed by atoms with Crippen molar-refractivity contribution in [2.45, 2.75) is 69.6 Å². The molecule has 332 valence electrons. The number of H-pyrrole nitrogens is 1. The molecule has 5 aromatic rings. The monoisotopic (exact) mass is 901 g/mol. The lowest BCUT2D eigenvalue weighted by atomic mass is 9.72. The number of piperazine rings is 1. The zero-order valence-corrected chi connectivity index (χ0v) is 36.7. The van der Waals surface area contributed by atoms with Crippen LogP contribution in [-0.4, -0.2) is 79.5 Å². The molecule has 2 fully saturated rings. The van der Waals surface area contributed by atoms with Gasteiger partial charge in [-0.1, -0.05) is 49.2 Å². The molecule has 1 aliphatic heterocycles. The number of allylic oxidation sites excluding steroid dienone is 1. The summed E-state index contributed by atoms with van der Waals surface area (Å²) in [5.74, 6) is -3.34. The fourth-order valence-corrected chi connectivity index (χ4v) is 9.91. The molecular weight excluding hydrogens is 852 g/mol. The summed E-state index contributed by atoms with van der Waals surface area (Å²) in [4.78, 5) is 29.5. The molecule has 13 nitrogen and oxygen atoms in total. The molecule has 0 bridgehead atoms. The SMILES string of the molecule is CC1(C)CCC(CN2CCN(c3ccc(C(=O)NS(=O)(=O)c4ccc(NCC5CCC(F)(F)CC5)c([N+](=O)[O-])c4)c(Oc4cccc5[nH]ncc45)c3)CC2)=C(c2ccc(Cl)cc2)C1. The van der Waals surface area contributed by atoms with Gasteiger partial charge in [0, 0.05) is 75.0 Å². The predicted molar refractivity (Wildman–Crippen MR) is 240 cm³/mol. The van der Waals surface area contributed by atoms with Crippen molar-refractivity contribution >= 4 is 61.1 Å². The van der Waals surface area contributed by atoms with Crippen LogP contribution in [0.3, 0.4) is 0 Å². The van der Waals surface area contributed by atoms with E-state index in [1.54, 1.807) is 30.5 Å². The maximum absolute atomic E-state index is 14.0. The number of halogens is 3. The van der Waals surface area contributed by atoms with Gasteiger partial charge in [-0.05, 0) is 103 Å². The molecule has 63 heavy (non-hydrogen) atoms. The molecule has 3 N–H and O–H groups in total. The van der Waals surface area contributed by atoms with Crippen LogP contribution in [0, 0.1) is 21.4 Å². The van der Waals surface area contributed by atoms with E-state index in [4.69, 9.17) is 16.3 Å². The van der Waals surface area contributed by atoms with E-state index in [-0.39, 0.29) is 60.6 Å². The number of benzene rings is 4. The first-order valence-corrected chi connectivity index (χ1v) is 23.0. The number of aromatic nitrogens is 2. The molecule has 0 radical (unpaired) electrons. The van der Waals surface area contributed by atoms with Crippen LogP contribution in [-0.2, 0) is 10.0 Å². The van der Waals surface area contributed by atoms with E-state index in [0.717, 1.165) is 56.7 Å². The van der Waals surface area contributed by atoms with E-state index in [0.29, 0.717) is 34.8 Å². The van der Waals surface area contributed by atoms with Crippen LogP contribution in [0.25, 0.3) is 16.5 Å². The Balaban J connectivity index is 1.00. The van der Waals surface area contributed by atoms with Crippen LogP contribution in [0.1, 0.15) is 74.7 Å². The van der Waals surface area contributed by atoms with E-state index in [1.807, 2.05) is 18.2 Å². The number of hydrogen-bond acceptors (Lipinski definition) is 10. The minimum Gasteiger partial charge on any atom is -0.456 e. The summed E-state index contributed by atoms with van der Waals surface area (Å²) in [6.07, 6.45) is 4.76. The predicted octanol–water partition coefficient (Wildman–Crippen LogP) is 10.1. The van der Waals surface area contributed by atoms with Crippen LogP contribution in [0.2, 0.25) is 5.02 Å². The second kappa shape index (κ2) is 17.9. The van der Waals surface area contributed by atoms with Crippen LogP contribution < -0.4 is 19.7 Å². The van der Waals surface area contributed by atoms with Crippen molar-refractivity contribution < 1.29 is 31.7 Å². The van der Waals surface area contributed by atoms with Gasteiger partial charge in [-0.25, -0.2) is 21.9 Å². The third kappa shape index (κ3) is 10.3. The molecular formula is C46H50ClF2N7O6S. The highest BCUT2D eigenvalue weighted by atomic mass is 35.5. The van der Waals surface area contributed by atoms with Gasteiger partial charge in [0.25, 0.3) is 21.6 Å². The van der Waals surface area contributed by atoms with Crippen molar-refractivity contribution in [2.75, 3.05) is 49.5 Å². The summed E-state index contributed by atoms with van der Waals surface area (Å²) < 4.78 is 63.2. The molecule has 17 heteroatoms. The first kappa shape index (κ1) is 44.0. The van der Waals surface area contributed by atoms with E-state index >= 15 is 0 Å². The van der Waals surface area contributed by atoms with Crippen LogP contribution in [0.5, 0.6) is 11.5 Å². The summed E-state index contributed by atoms with van der Waals surface area (Å²) >= 11 is 6.23. The number of anilines is 2. The minimum absolute atomic E-state index is 0.0425. The van der Waals surface area contributed by atoms with Crippen molar-refractivity contribution in [1.29, 1.82) is 0 Å². The third-order valence-corrected chi connectivity index (χ3v) is 14.1. The van der Waals surface area contributed by atoms with Crippen LogP contribution in [0.4, 0.5) is 25.8 Å². The highest BCUT2D eigenvalue weighted by molar-refractivity contribution is 7.90. The van der Waals surface area contributed by atoms with Crippen LogP contribution >= 0.6 is 11.6 Å². The smallest absolute Gasteiger partial charge is 0.293 e. The number of nitro groups is 1. The van der Waals surface area contributed by atoms with Gasteiger partial charge in [-0.3, -0.25) is 24.9 Å². The Kier molecular flexibility index (Phi) is 12.5.